The third-order valence-corrected chi connectivity index (χ3v) is 3.18. The third kappa shape index (κ3) is 2.58. The Morgan fingerprint density at radius 1 is 0.812 bits per heavy atom. The van der Waals surface area contributed by atoms with Gasteiger partial charge in [-0.1, -0.05) is 43.3 Å². The maximum Gasteiger partial charge on any atom is 0.0525 e. The van der Waals surface area contributed by atoms with Gasteiger partial charge in [0.05, 0.1) is 11.4 Å². The van der Waals surface area contributed by atoms with E-state index in [9.17, 15) is 0 Å². The van der Waals surface area contributed by atoms with E-state index in [0.717, 1.165) is 5.75 Å². The predicted octanol–water partition coefficient (Wildman–Crippen LogP) is 4.49. The molecule has 0 unspecified atom stereocenters. The highest BCUT2D eigenvalue weighted by Gasteiger charge is 2.07. The lowest BCUT2D eigenvalue weighted by atomic mass is 10.3. The molecule has 0 fully saturated rings. The van der Waals surface area contributed by atoms with Gasteiger partial charge in [-0.2, -0.15) is 0 Å². The first kappa shape index (κ1) is 11.1. The van der Waals surface area contributed by atoms with Gasteiger partial charge in [-0.05, 0) is 36.2 Å². The van der Waals surface area contributed by atoms with Gasteiger partial charge in [-0.3, -0.25) is 4.31 Å². The summed E-state index contributed by atoms with van der Waals surface area (Å²) in [4.78, 5) is 0. The van der Waals surface area contributed by atoms with Crippen LogP contribution in [-0.4, -0.2) is 5.75 Å². The first-order valence-corrected chi connectivity index (χ1v) is 6.39. The molecular weight excluding hydrogens is 214 g/mol. The van der Waals surface area contributed by atoms with Gasteiger partial charge in [0, 0.05) is 5.75 Å². The summed E-state index contributed by atoms with van der Waals surface area (Å²) >= 11 is 1.82. The molecule has 0 spiro atoms. The summed E-state index contributed by atoms with van der Waals surface area (Å²) in [7, 11) is 0. The molecule has 0 amide bonds. The molecule has 0 aromatic heterocycles. The van der Waals surface area contributed by atoms with Gasteiger partial charge in [0.25, 0.3) is 0 Å². The SMILES string of the molecule is CCSN(c1ccccc1)c1ccccc1. The van der Waals surface area contributed by atoms with Crippen molar-refractivity contribution in [2.75, 3.05) is 10.1 Å². The molecule has 2 aromatic rings. The van der Waals surface area contributed by atoms with Gasteiger partial charge >= 0.3 is 0 Å². The molecule has 0 saturated carbocycles. The average molecular weight is 229 g/mol. The molecule has 82 valence electrons. The van der Waals surface area contributed by atoms with Crippen molar-refractivity contribution in [1.29, 1.82) is 0 Å². The standard InChI is InChI=1S/C14H15NS/c1-2-16-15(13-9-5-3-6-10-13)14-11-7-4-8-12-14/h3-12H,2H2,1H3. The number of nitrogens with zero attached hydrogens (tertiary/aromatic N) is 1. The quantitative estimate of drug-likeness (QED) is 0.710. The molecule has 0 bridgehead atoms. The molecule has 2 heteroatoms. The Hall–Kier alpha value is -1.41. The largest absolute Gasteiger partial charge is 0.285 e. The lowest BCUT2D eigenvalue weighted by Gasteiger charge is -2.22. The summed E-state index contributed by atoms with van der Waals surface area (Å²) in [6.07, 6.45) is 0. The summed E-state index contributed by atoms with van der Waals surface area (Å²) in [6.45, 7) is 2.17. The van der Waals surface area contributed by atoms with E-state index in [1.54, 1.807) is 0 Å². The van der Waals surface area contributed by atoms with E-state index in [4.69, 9.17) is 0 Å². The van der Waals surface area contributed by atoms with Crippen molar-refractivity contribution in [2.24, 2.45) is 0 Å². The molecule has 2 aromatic carbocycles. The molecule has 16 heavy (non-hydrogen) atoms. The molecule has 0 heterocycles. The first-order chi connectivity index (χ1) is 7.92. The van der Waals surface area contributed by atoms with Crippen LogP contribution >= 0.6 is 11.9 Å². The fourth-order valence-corrected chi connectivity index (χ4v) is 2.35. The Morgan fingerprint density at radius 3 is 1.62 bits per heavy atom. The van der Waals surface area contributed by atoms with E-state index >= 15 is 0 Å². The van der Waals surface area contributed by atoms with Gasteiger partial charge in [-0.25, -0.2) is 0 Å². The minimum Gasteiger partial charge on any atom is -0.285 e. The van der Waals surface area contributed by atoms with E-state index in [-0.39, 0.29) is 0 Å². The molecule has 0 atom stereocenters. The van der Waals surface area contributed by atoms with Gasteiger partial charge in [-0.15, -0.1) is 0 Å². The number of benzene rings is 2. The molecule has 1 nitrogen and oxygen atoms in total. The van der Waals surface area contributed by atoms with Crippen LogP contribution in [0.5, 0.6) is 0 Å². The van der Waals surface area contributed by atoms with Crippen LogP contribution in [0, 0.1) is 0 Å². The van der Waals surface area contributed by atoms with E-state index in [1.807, 2.05) is 24.1 Å². The zero-order valence-electron chi connectivity index (χ0n) is 9.34. The highest BCUT2D eigenvalue weighted by molar-refractivity contribution is 8.00. The van der Waals surface area contributed by atoms with Gasteiger partial charge in [0.2, 0.25) is 0 Å². The van der Waals surface area contributed by atoms with Gasteiger partial charge in [0.15, 0.2) is 0 Å². The van der Waals surface area contributed by atoms with Gasteiger partial charge in [0.1, 0.15) is 0 Å². The average Bonchev–Trinajstić information content (AvgIpc) is 2.38. The molecular formula is C14H15NS. The molecule has 0 radical (unpaired) electrons. The number of rotatable bonds is 4. The molecule has 0 N–H and O–H groups in total. The highest BCUT2D eigenvalue weighted by atomic mass is 32.2. The highest BCUT2D eigenvalue weighted by Crippen LogP contribution is 2.31. The minimum atomic E-state index is 1.06. The lowest BCUT2D eigenvalue weighted by Crippen LogP contribution is -2.06. The number of hydrogen-bond donors (Lipinski definition) is 0. The second kappa shape index (κ2) is 5.61. The fourth-order valence-electron chi connectivity index (χ4n) is 1.55. The summed E-state index contributed by atoms with van der Waals surface area (Å²) in [5.74, 6) is 1.06. The second-order valence-electron chi connectivity index (χ2n) is 3.38. The smallest absolute Gasteiger partial charge is 0.0525 e. The van der Waals surface area contributed by atoms with Crippen molar-refractivity contribution >= 4 is 23.3 Å². The van der Waals surface area contributed by atoms with Crippen molar-refractivity contribution in [3.8, 4) is 0 Å². The Labute approximate surface area is 101 Å². The van der Waals surface area contributed by atoms with Crippen LogP contribution in [0.25, 0.3) is 0 Å². The van der Waals surface area contributed by atoms with Gasteiger partial charge < -0.3 is 0 Å². The van der Waals surface area contributed by atoms with Crippen molar-refractivity contribution in [3.05, 3.63) is 60.7 Å². The van der Waals surface area contributed by atoms with Crippen LogP contribution in [0.1, 0.15) is 6.92 Å². The second-order valence-corrected chi connectivity index (χ2v) is 4.58. The predicted molar refractivity (Wildman–Crippen MR) is 73.2 cm³/mol. The van der Waals surface area contributed by atoms with Crippen LogP contribution in [0.3, 0.4) is 0 Å². The molecule has 0 aliphatic heterocycles. The maximum absolute atomic E-state index is 2.26. The normalized spacial score (nSPS) is 10.1. The zero-order valence-corrected chi connectivity index (χ0v) is 10.2. The lowest BCUT2D eigenvalue weighted by molar-refractivity contribution is 1.40. The topological polar surface area (TPSA) is 3.24 Å². The first-order valence-electron chi connectivity index (χ1n) is 5.45. The Kier molecular flexibility index (Phi) is 3.89. The summed E-state index contributed by atoms with van der Waals surface area (Å²) in [6, 6.07) is 20.9. The zero-order chi connectivity index (χ0) is 11.2. The van der Waals surface area contributed by atoms with E-state index < -0.39 is 0 Å². The monoisotopic (exact) mass is 229 g/mol. The summed E-state index contributed by atoms with van der Waals surface area (Å²) in [5.41, 5.74) is 2.45. The summed E-state index contributed by atoms with van der Waals surface area (Å²) in [5, 5.41) is 0. The molecule has 0 saturated heterocycles. The minimum absolute atomic E-state index is 1.06. The van der Waals surface area contributed by atoms with Crippen molar-refractivity contribution < 1.29 is 0 Å². The third-order valence-electron chi connectivity index (χ3n) is 2.24. The number of para-hydroxylation sites is 2. The molecule has 0 aliphatic rings. The Balaban J connectivity index is 2.31. The van der Waals surface area contributed by atoms with E-state index in [2.05, 4.69) is 59.8 Å². The van der Waals surface area contributed by atoms with Crippen molar-refractivity contribution in [3.63, 3.8) is 0 Å². The van der Waals surface area contributed by atoms with Crippen LogP contribution in [0.4, 0.5) is 11.4 Å². The summed E-state index contributed by atoms with van der Waals surface area (Å²) < 4.78 is 2.26. The molecule has 2 rings (SSSR count). The number of anilines is 2. The van der Waals surface area contributed by atoms with Crippen molar-refractivity contribution in [1.82, 2.24) is 0 Å². The van der Waals surface area contributed by atoms with Crippen LogP contribution in [-0.2, 0) is 0 Å². The Bertz CT molecular complexity index is 374. The van der Waals surface area contributed by atoms with Crippen LogP contribution in [0.15, 0.2) is 60.7 Å². The number of hydrogen-bond acceptors (Lipinski definition) is 2. The van der Waals surface area contributed by atoms with E-state index in [1.165, 1.54) is 11.4 Å². The van der Waals surface area contributed by atoms with Crippen molar-refractivity contribution in [2.45, 2.75) is 6.92 Å². The van der Waals surface area contributed by atoms with E-state index in [0.29, 0.717) is 0 Å². The fraction of sp³-hybridized carbons (Fsp3) is 0.143. The molecule has 0 aliphatic carbocycles. The Morgan fingerprint density at radius 2 is 1.25 bits per heavy atom. The maximum atomic E-state index is 2.26. The van der Waals surface area contributed by atoms with Crippen LogP contribution < -0.4 is 4.31 Å². The van der Waals surface area contributed by atoms with Crippen LogP contribution in [0.2, 0.25) is 0 Å².